The third-order valence-electron chi connectivity index (χ3n) is 4.78. The van der Waals surface area contributed by atoms with Crippen molar-refractivity contribution in [3.63, 3.8) is 0 Å². The van der Waals surface area contributed by atoms with Gasteiger partial charge in [0, 0.05) is 11.8 Å². The first-order valence-electron chi connectivity index (χ1n) is 9.15. The third-order valence-corrected chi connectivity index (χ3v) is 4.78. The number of allylic oxidation sites excluding steroid dienone is 6. The Hall–Kier alpha value is -1.89. The second kappa shape index (κ2) is 8.82. The number of aromatic nitrogens is 1. The lowest BCUT2D eigenvalue weighted by molar-refractivity contribution is 0.501. The molecule has 1 nitrogen and oxygen atoms in total. The van der Waals surface area contributed by atoms with E-state index in [1.165, 1.54) is 35.1 Å². The second-order valence-electron chi connectivity index (χ2n) is 7.27. The SMILES string of the molecule is C=CCC(CCC(C)C)c1ccnc(C2=C(C)C=CCCC2=C)c1. The topological polar surface area (TPSA) is 12.9 Å². The lowest BCUT2D eigenvalue weighted by Crippen LogP contribution is -2.03. The van der Waals surface area contributed by atoms with Crippen molar-refractivity contribution in [1.82, 2.24) is 4.98 Å². The first-order valence-corrected chi connectivity index (χ1v) is 9.15. The highest BCUT2D eigenvalue weighted by atomic mass is 14.7. The largest absolute Gasteiger partial charge is 0.256 e. The monoisotopic (exact) mass is 321 g/mol. The highest BCUT2D eigenvalue weighted by molar-refractivity contribution is 5.81. The molecule has 0 radical (unpaired) electrons. The maximum atomic E-state index is 4.66. The Morgan fingerprint density at radius 3 is 2.79 bits per heavy atom. The molecule has 0 N–H and O–H groups in total. The Bertz CT molecular complexity index is 646. The quantitative estimate of drug-likeness (QED) is 0.500. The summed E-state index contributed by atoms with van der Waals surface area (Å²) in [4.78, 5) is 4.66. The summed E-state index contributed by atoms with van der Waals surface area (Å²) in [5, 5.41) is 0. The van der Waals surface area contributed by atoms with E-state index in [0.717, 1.165) is 30.9 Å². The van der Waals surface area contributed by atoms with E-state index in [1.807, 2.05) is 12.3 Å². The Morgan fingerprint density at radius 2 is 2.08 bits per heavy atom. The van der Waals surface area contributed by atoms with E-state index in [-0.39, 0.29) is 0 Å². The van der Waals surface area contributed by atoms with E-state index < -0.39 is 0 Å². The summed E-state index contributed by atoms with van der Waals surface area (Å²) in [6.07, 6.45) is 14.0. The second-order valence-corrected chi connectivity index (χ2v) is 7.27. The zero-order chi connectivity index (χ0) is 17.5. The molecule has 1 heterocycles. The average molecular weight is 322 g/mol. The van der Waals surface area contributed by atoms with Crippen molar-refractivity contribution in [2.45, 2.75) is 58.8 Å². The highest BCUT2D eigenvalue weighted by Gasteiger charge is 2.16. The number of hydrogen-bond donors (Lipinski definition) is 0. The van der Waals surface area contributed by atoms with Gasteiger partial charge in [-0.05, 0) is 73.3 Å². The predicted octanol–water partition coefficient (Wildman–Crippen LogP) is 6.86. The van der Waals surface area contributed by atoms with Gasteiger partial charge in [0.15, 0.2) is 0 Å². The van der Waals surface area contributed by atoms with Crippen molar-refractivity contribution in [1.29, 1.82) is 0 Å². The maximum absolute atomic E-state index is 4.66. The minimum Gasteiger partial charge on any atom is -0.256 e. The highest BCUT2D eigenvalue weighted by Crippen LogP contribution is 2.33. The molecule has 2 rings (SSSR count). The van der Waals surface area contributed by atoms with Gasteiger partial charge in [0.05, 0.1) is 5.69 Å². The molecule has 1 aliphatic carbocycles. The van der Waals surface area contributed by atoms with Gasteiger partial charge in [-0.15, -0.1) is 6.58 Å². The van der Waals surface area contributed by atoms with Crippen molar-refractivity contribution >= 4 is 5.57 Å². The summed E-state index contributed by atoms with van der Waals surface area (Å²) >= 11 is 0. The fraction of sp³-hybridized carbons (Fsp3) is 0.435. The van der Waals surface area contributed by atoms with Crippen LogP contribution in [0, 0.1) is 5.92 Å². The molecule has 1 atom stereocenters. The van der Waals surface area contributed by atoms with E-state index in [9.17, 15) is 0 Å². The van der Waals surface area contributed by atoms with Crippen LogP contribution in [0.2, 0.25) is 0 Å². The van der Waals surface area contributed by atoms with Gasteiger partial charge in [0.25, 0.3) is 0 Å². The summed E-state index contributed by atoms with van der Waals surface area (Å²) in [7, 11) is 0. The molecule has 0 spiro atoms. The summed E-state index contributed by atoms with van der Waals surface area (Å²) in [6.45, 7) is 15.0. The van der Waals surface area contributed by atoms with E-state index in [0.29, 0.717) is 5.92 Å². The van der Waals surface area contributed by atoms with Crippen LogP contribution in [0.25, 0.3) is 5.57 Å². The Kier molecular flexibility index (Phi) is 6.78. The van der Waals surface area contributed by atoms with Crippen LogP contribution in [0.1, 0.15) is 70.1 Å². The van der Waals surface area contributed by atoms with Crippen molar-refractivity contribution < 1.29 is 0 Å². The molecule has 1 aromatic rings. The molecular weight excluding hydrogens is 290 g/mol. The molecule has 0 saturated carbocycles. The summed E-state index contributed by atoms with van der Waals surface area (Å²) < 4.78 is 0. The summed E-state index contributed by atoms with van der Waals surface area (Å²) in [5.41, 5.74) is 6.14. The molecule has 1 aromatic heterocycles. The maximum Gasteiger partial charge on any atom is 0.0710 e. The lowest BCUT2D eigenvalue weighted by Gasteiger charge is -2.19. The smallest absolute Gasteiger partial charge is 0.0710 e. The van der Waals surface area contributed by atoms with Gasteiger partial charge in [-0.2, -0.15) is 0 Å². The van der Waals surface area contributed by atoms with Crippen molar-refractivity contribution in [2.75, 3.05) is 0 Å². The van der Waals surface area contributed by atoms with Crippen LogP contribution in [0.4, 0.5) is 0 Å². The zero-order valence-corrected chi connectivity index (χ0v) is 15.5. The van der Waals surface area contributed by atoms with Gasteiger partial charge < -0.3 is 0 Å². The molecular formula is C23H31N. The minimum absolute atomic E-state index is 0.530. The molecule has 1 unspecified atom stereocenters. The normalized spacial score (nSPS) is 16.4. The molecule has 0 aromatic carbocycles. The molecule has 128 valence electrons. The molecule has 0 bridgehead atoms. The van der Waals surface area contributed by atoms with Gasteiger partial charge in [-0.3, -0.25) is 4.98 Å². The molecule has 1 heteroatoms. The Balaban J connectivity index is 2.34. The van der Waals surface area contributed by atoms with Crippen molar-refractivity contribution in [2.24, 2.45) is 5.92 Å². The molecule has 24 heavy (non-hydrogen) atoms. The lowest BCUT2D eigenvalue weighted by atomic mass is 9.87. The Morgan fingerprint density at radius 1 is 1.29 bits per heavy atom. The van der Waals surface area contributed by atoms with E-state index in [2.05, 4.69) is 63.2 Å². The zero-order valence-electron chi connectivity index (χ0n) is 15.5. The van der Waals surface area contributed by atoms with Gasteiger partial charge in [-0.25, -0.2) is 0 Å². The van der Waals surface area contributed by atoms with Crippen molar-refractivity contribution in [3.8, 4) is 0 Å². The van der Waals surface area contributed by atoms with Crippen LogP contribution in [0.5, 0.6) is 0 Å². The van der Waals surface area contributed by atoms with E-state index in [1.54, 1.807) is 0 Å². The molecule has 0 aliphatic heterocycles. The number of pyridine rings is 1. The number of hydrogen-bond acceptors (Lipinski definition) is 1. The minimum atomic E-state index is 0.530. The van der Waals surface area contributed by atoms with Crippen LogP contribution >= 0.6 is 0 Å². The first-order chi connectivity index (χ1) is 11.5. The van der Waals surface area contributed by atoms with Gasteiger partial charge in [0.1, 0.15) is 0 Å². The molecule has 1 aliphatic rings. The molecule has 0 fully saturated rings. The van der Waals surface area contributed by atoms with E-state index in [4.69, 9.17) is 0 Å². The van der Waals surface area contributed by atoms with Gasteiger partial charge in [-0.1, -0.05) is 45.1 Å². The fourth-order valence-electron chi connectivity index (χ4n) is 3.38. The fourth-order valence-corrected chi connectivity index (χ4v) is 3.38. The number of nitrogens with zero attached hydrogens (tertiary/aromatic N) is 1. The van der Waals surface area contributed by atoms with Gasteiger partial charge >= 0.3 is 0 Å². The summed E-state index contributed by atoms with van der Waals surface area (Å²) in [6, 6.07) is 4.45. The van der Waals surface area contributed by atoms with Crippen molar-refractivity contribution in [3.05, 3.63) is 72.1 Å². The standard InChI is InChI=1S/C23H31N/c1-6-9-20(13-12-17(2)3)21-14-15-24-22(16-21)23-18(4)10-7-8-11-19(23)5/h6,8,11,14-17,20H,1,4,7,9-10,12-13H2,2-3,5H3. The molecule has 0 amide bonds. The molecule has 0 saturated heterocycles. The van der Waals surface area contributed by atoms with Gasteiger partial charge in [0.2, 0.25) is 0 Å². The van der Waals surface area contributed by atoms with Crippen LogP contribution in [-0.4, -0.2) is 4.98 Å². The predicted molar refractivity (Wildman–Crippen MR) is 106 cm³/mol. The van der Waals surface area contributed by atoms with Crippen LogP contribution in [-0.2, 0) is 0 Å². The van der Waals surface area contributed by atoms with Crippen LogP contribution in [0.3, 0.4) is 0 Å². The average Bonchev–Trinajstić information content (AvgIpc) is 2.72. The Labute approximate surface area is 147 Å². The first kappa shape index (κ1) is 18.4. The van der Waals surface area contributed by atoms with E-state index >= 15 is 0 Å². The summed E-state index contributed by atoms with van der Waals surface area (Å²) in [5.74, 6) is 1.26. The van der Waals surface area contributed by atoms with Crippen LogP contribution < -0.4 is 0 Å². The third kappa shape index (κ3) is 4.80. The number of rotatable bonds is 7. The van der Waals surface area contributed by atoms with Crippen LogP contribution in [0.15, 0.2) is 60.9 Å².